The first kappa shape index (κ1) is 12.1. The molecule has 0 spiro atoms. The summed E-state index contributed by atoms with van der Waals surface area (Å²) < 4.78 is 10.4. The zero-order valence-electron chi connectivity index (χ0n) is 9.86. The summed E-state index contributed by atoms with van der Waals surface area (Å²) in [6.45, 7) is 3.66. The van der Waals surface area contributed by atoms with Gasteiger partial charge in [-0.05, 0) is 19.1 Å². The van der Waals surface area contributed by atoms with Crippen molar-refractivity contribution in [3.63, 3.8) is 0 Å². The van der Waals surface area contributed by atoms with E-state index in [1.807, 2.05) is 19.1 Å². The lowest BCUT2D eigenvalue weighted by Crippen LogP contribution is -2.55. The SMILES string of the molecule is Cc1ccc(CCNCC2(C(=O)O)COC2)o1. The molecule has 1 aromatic heterocycles. The molecule has 0 aliphatic carbocycles. The van der Waals surface area contributed by atoms with Crippen LogP contribution in [-0.2, 0) is 16.0 Å². The molecule has 0 atom stereocenters. The van der Waals surface area contributed by atoms with Crippen molar-refractivity contribution in [1.29, 1.82) is 0 Å². The summed E-state index contributed by atoms with van der Waals surface area (Å²) in [5.74, 6) is 1.03. The van der Waals surface area contributed by atoms with E-state index >= 15 is 0 Å². The molecule has 2 heterocycles. The molecule has 2 N–H and O–H groups in total. The number of ether oxygens (including phenoxy) is 1. The van der Waals surface area contributed by atoms with Crippen molar-refractivity contribution in [2.75, 3.05) is 26.3 Å². The minimum Gasteiger partial charge on any atom is -0.481 e. The number of rotatable bonds is 6. The third-order valence-corrected chi connectivity index (χ3v) is 3.02. The van der Waals surface area contributed by atoms with Crippen LogP contribution in [0.3, 0.4) is 0 Å². The van der Waals surface area contributed by atoms with Crippen LogP contribution < -0.4 is 5.32 Å². The van der Waals surface area contributed by atoms with Gasteiger partial charge >= 0.3 is 5.97 Å². The quantitative estimate of drug-likeness (QED) is 0.719. The summed E-state index contributed by atoms with van der Waals surface area (Å²) in [5.41, 5.74) is -0.723. The minimum atomic E-state index is -0.787. The van der Waals surface area contributed by atoms with Gasteiger partial charge in [-0.3, -0.25) is 4.79 Å². The average Bonchev–Trinajstić information content (AvgIpc) is 2.61. The van der Waals surface area contributed by atoms with Gasteiger partial charge in [0.15, 0.2) is 0 Å². The molecule has 0 amide bonds. The van der Waals surface area contributed by atoms with Gasteiger partial charge in [0.05, 0.1) is 13.2 Å². The molecule has 0 saturated carbocycles. The van der Waals surface area contributed by atoms with Crippen LogP contribution in [-0.4, -0.2) is 37.4 Å². The second kappa shape index (κ2) is 4.89. The van der Waals surface area contributed by atoms with Crippen molar-refractivity contribution < 1.29 is 19.1 Å². The van der Waals surface area contributed by atoms with E-state index in [1.165, 1.54) is 0 Å². The van der Waals surface area contributed by atoms with Crippen molar-refractivity contribution in [1.82, 2.24) is 5.32 Å². The number of carboxylic acids is 1. The Bertz CT molecular complexity index is 395. The van der Waals surface area contributed by atoms with E-state index in [0.29, 0.717) is 26.3 Å². The highest BCUT2D eigenvalue weighted by Crippen LogP contribution is 2.26. The third-order valence-electron chi connectivity index (χ3n) is 3.02. The number of carboxylic acid groups (broad SMARTS) is 1. The normalized spacial score (nSPS) is 17.7. The van der Waals surface area contributed by atoms with Crippen LogP contribution in [0, 0.1) is 12.3 Å². The van der Waals surface area contributed by atoms with E-state index in [4.69, 9.17) is 14.3 Å². The van der Waals surface area contributed by atoms with E-state index in [0.717, 1.165) is 17.9 Å². The van der Waals surface area contributed by atoms with Gasteiger partial charge in [-0.15, -0.1) is 0 Å². The molecule has 1 aliphatic rings. The number of nitrogens with one attached hydrogen (secondary N) is 1. The molecule has 2 rings (SSSR count). The fourth-order valence-electron chi connectivity index (χ4n) is 1.81. The van der Waals surface area contributed by atoms with Gasteiger partial charge in [-0.1, -0.05) is 0 Å². The highest BCUT2D eigenvalue weighted by molar-refractivity contribution is 5.76. The predicted molar refractivity (Wildman–Crippen MR) is 60.9 cm³/mol. The molecular formula is C12H17NO4. The first-order chi connectivity index (χ1) is 8.12. The van der Waals surface area contributed by atoms with Crippen LogP contribution in [0.25, 0.3) is 0 Å². The van der Waals surface area contributed by atoms with Crippen molar-refractivity contribution in [2.45, 2.75) is 13.3 Å². The lowest BCUT2D eigenvalue weighted by atomic mass is 9.86. The maximum absolute atomic E-state index is 11.0. The molecule has 1 aromatic rings. The lowest BCUT2D eigenvalue weighted by Gasteiger charge is -2.37. The van der Waals surface area contributed by atoms with Gasteiger partial charge in [0, 0.05) is 19.5 Å². The fourth-order valence-corrected chi connectivity index (χ4v) is 1.81. The second-order valence-corrected chi connectivity index (χ2v) is 4.52. The van der Waals surface area contributed by atoms with Crippen LogP contribution in [0.5, 0.6) is 0 Å². The van der Waals surface area contributed by atoms with E-state index in [1.54, 1.807) is 0 Å². The number of aliphatic carboxylic acids is 1. The summed E-state index contributed by atoms with van der Waals surface area (Å²) in [4.78, 5) is 11.0. The largest absolute Gasteiger partial charge is 0.481 e. The number of carbonyl (C=O) groups is 1. The molecule has 1 aliphatic heterocycles. The number of aryl methyl sites for hydroxylation is 1. The molecule has 1 saturated heterocycles. The molecule has 17 heavy (non-hydrogen) atoms. The summed E-state index contributed by atoms with van der Waals surface area (Å²) in [5, 5.41) is 12.2. The van der Waals surface area contributed by atoms with Crippen molar-refractivity contribution >= 4 is 5.97 Å². The highest BCUT2D eigenvalue weighted by Gasteiger charge is 2.45. The van der Waals surface area contributed by atoms with E-state index in [2.05, 4.69) is 5.32 Å². The molecule has 0 aromatic carbocycles. The lowest BCUT2D eigenvalue weighted by molar-refractivity contribution is -0.178. The molecule has 94 valence electrons. The van der Waals surface area contributed by atoms with Gasteiger partial charge < -0.3 is 19.6 Å². The van der Waals surface area contributed by atoms with E-state index in [-0.39, 0.29) is 0 Å². The standard InChI is InChI=1S/C12H17NO4/c1-9-2-3-10(17-9)4-5-13-6-12(11(14)15)7-16-8-12/h2-3,13H,4-8H2,1H3,(H,14,15). The minimum absolute atomic E-state index is 0.301. The van der Waals surface area contributed by atoms with Crippen LogP contribution >= 0.6 is 0 Å². The Morgan fingerprint density at radius 2 is 2.29 bits per heavy atom. The van der Waals surface area contributed by atoms with Crippen LogP contribution in [0.2, 0.25) is 0 Å². The number of furan rings is 1. The molecular weight excluding hydrogens is 222 g/mol. The van der Waals surface area contributed by atoms with Crippen LogP contribution in [0.4, 0.5) is 0 Å². The first-order valence-corrected chi connectivity index (χ1v) is 5.70. The average molecular weight is 239 g/mol. The molecule has 5 nitrogen and oxygen atoms in total. The third kappa shape index (κ3) is 2.68. The first-order valence-electron chi connectivity index (χ1n) is 5.70. The zero-order valence-corrected chi connectivity index (χ0v) is 9.86. The number of hydrogen-bond acceptors (Lipinski definition) is 4. The van der Waals surface area contributed by atoms with Crippen molar-refractivity contribution in [3.05, 3.63) is 23.7 Å². The highest BCUT2D eigenvalue weighted by atomic mass is 16.5. The van der Waals surface area contributed by atoms with Gasteiger partial charge in [0.1, 0.15) is 16.9 Å². The summed E-state index contributed by atoms with van der Waals surface area (Å²) in [6.07, 6.45) is 0.768. The van der Waals surface area contributed by atoms with Crippen LogP contribution in [0.1, 0.15) is 11.5 Å². The van der Waals surface area contributed by atoms with Gasteiger partial charge in [0.2, 0.25) is 0 Å². The summed E-state index contributed by atoms with van der Waals surface area (Å²) >= 11 is 0. The summed E-state index contributed by atoms with van der Waals surface area (Å²) in [7, 11) is 0. The topological polar surface area (TPSA) is 71.7 Å². The Hall–Kier alpha value is -1.33. The number of hydrogen-bond donors (Lipinski definition) is 2. The van der Waals surface area contributed by atoms with Gasteiger partial charge in [-0.25, -0.2) is 0 Å². The van der Waals surface area contributed by atoms with Crippen LogP contribution in [0.15, 0.2) is 16.5 Å². The van der Waals surface area contributed by atoms with E-state index in [9.17, 15) is 4.79 Å². The summed E-state index contributed by atoms with van der Waals surface area (Å²) in [6, 6.07) is 3.87. The van der Waals surface area contributed by atoms with E-state index < -0.39 is 11.4 Å². The maximum Gasteiger partial charge on any atom is 0.315 e. The smallest absolute Gasteiger partial charge is 0.315 e. The van der Waals surface area contributed by atoms with Gasteiger partial charge in [-0.2, -0.15) is 0 Å². The molecule has 1 fully saturated rings. The van der Waals surface area contributed by atoms with Crippen molar-refractivity contribution in [3.8, 4) is 0 Å². The Morgan fingerprint density at radius 3 is 2.76 bits per heavy atom. The molecule has 0 radical (unpaired) electrons. The Balaban J connectivity index is 1.71. The predicted octanol–water partition coefficient (Wildman–Crippen LogP) is 0.821. The maximum atomic E-state index is 11.0. The fraction of sp³-hybridized carbons (Fsp3) is 0.583. The zero-order chi connectivity index (χ0) is 12.3. The second-order valence-electron chi connectivity index (χ2n) is 4.52. The Morgan fingerprint density at radius 1 is 1.53 bits per heavy atom. The molecule has 0 bridgehead atoms. The Kier molecular flexibility index (Phi) is 3.49. The van der Waals surface area contributed by atoms with Crippen molar-refractivity contribution in [2.24, 2.45) is 5.41 Å². The monoisotopic (exact) mass is 239 g/mol. The van der Waals surface area contributed by atoms with Gasteiger partial charge in [0.25, 0.3) is 0 Å². The molecule has 0 unspecified atom stereocenters. The Labute approximate surface area is 99.8 Å². The molecule has 5 heteroatoms.